The zero-order valence-corrected chi connectivity index (χ0v) is 17.7. The monoisotopic (exact) mass is 394 g/mol. The Kier molecular flexibility index (Phi) is 6.47. The van der Waals surface area contributed by atoms with Gasteiger partial charge in [0.2, 0.25) is 0 Å². The van der Waals surface area contributed by atoms with Crippen LogP contribution < -0.4 is 9.54 Å². The molecule has 146 valence electrons. The van der Waals surface area contributed by atoms with Gasteiger partial charge in [0.1, 0.15) is 5.75 Å². The van der Waals surface area contributed by atoms with Crippen LogP contribution in [0.5, 0.6) is 5.75 Å². The van der Waals surface area contributed by atoms with Gasteiger partial charge in [-0.2, -0.15) is 4.99 Å². The van der Waals surface area contributed by atoms with Crippen molar-refractivity contribution in [2.45, 2.75) is 40.2 Å². The number of hydrogen-bond donors (Lipinski definition) is 0. The van der Waals surface area contributed by atoms with Gasteiger partial charge in [0.15, 0.2) is 4.80 Å². The molecule has 0 aliphatic heterocycles. The summed E-state index contributed by atoms with van der Waals surface area (Å²) >= 11 is 1.61. The number of aromatic nitrogens is 1. The lowest BCUT2D eigenvalue weighted by Gasteiger charge is -2.09. The lowest BCUT2D eigenvalue weighted by Crippen LogP contribution is -2.17. The normalized spacial score (nSPS) is 11.6. The minimum Gasteiger partial charge on any atom is -0.497 e. The van der Waals surface area contributed by atoms with Crippen LogP contribution in [-0.4, -0.2) is 17.6 Å². The van der Waals surface area contributed by atoms with Crippen LogP contribution in [0.4, 0.5) is 0 Å². The van der Waals surface area contributed by atoms with E-state index in [0.29, 0.717) is 11.3 Å². The molecule has 0 aliphatic carbocycles. The molecule has 0 spiro atoms. The van der Waals surface area contributed by atoms with Crippen LogP contribution in [0, 0.1) is 6.92 Å². The maximum absolute atomic E-state index is 12.8. The topological polar surface area (TPSA) is 43.6 Å². The number of rotatable bonds is 6. The van der Waals surface area contributed by atoms with Gasteiger partial charge in [0.25, 0.3) is 5.91 Å². The molecule has 3 rings (SSSR count). The van der Waals surface area contributed by atoms with Crippen molar-refractivity contribution in [3.8, 4) is 17.0 Å². The minimum absolute atomic E-state index is 0.249. The smallest absolute Gasteiger partial charge is 0.279 e. The molecule has 0 aliphatic rings. The highest BCUT2D eigenvalue weighted by atomic mass is 32.1. The highest BCUT2D eigenvalue weighted by Gasteiger charge is 2.15. The van der Waals surface area contributed by atoms with Gasteiger partial charge < -0.3 is 9.30 Å². The zero-order valence-electron chi connectivity index (χ0n) is 16.9. The standard InChI is InChI=1S/C23H26N2O2S/c1-5-8-20-21(17-13-11-16(3)12-14-17)25(6-2)23(28-20)24-22(26)18-9-7-10-19(15-18)27-4/h7,9-15H,5-6,8H2,1-4H3. The largest absolute Gasteiger partial charge is 0.497 e. The number of carbonyl (C=O) groups is 1. The molecule has 4 nitrogen and oxygen atoms in total. The Balaban J connectivity index is 2.12. The summed E-state index contributed by atoms with van der Waals surface area (Å²) < 4.78 is 7.38. The van der Waals surface area contributed by atoms with Crippen molar-refractivity contribution >= 4 is 17.2 Å². The maximum Gasteiger partial charge on any atom is 0.279 e. The van der Waals surface area contributed by atoms with E-state index in [9.17, 15) is 4.79 Å². The van der Waals surface area contributed by atoms with Gasteiger partial charge in [-0.1, -0.05) is 49.2 Å². The van der Waals surface area contributed by atoms with Crippen LogP contribution in [-0.2, 0) is 13.0 Å². The third-order valence-electron chi connectivity index (χ3n) is 4.61. The molecular weight excluding hydrogens is 368 g/mol. The van der Waals surface area contributed by atoms with Gasteiger partial charge in [-0.25, -0.2) is 0 Å². The average molecular weight is 395 g/mol. The summed E-state index contributed by atoms with van der Waals surface area (Å²) in [6, 6.07) is 15.7. The molecule has 1 amide bonds. The lowest BCUT2D eigenvalue weighted by atomic mass is 10.1. The molecule has 1 heterocycles. The predicted octanol–water partition coefficient (Wildman–Crippen LogP) is 5.25. The summed E-state index contributed by atoms with van der Waals surface area (Å²) in [5, 5.41) is 0. The number of ether oxygens (including phenoxy) is 1. The van der Waals surface area contributed by atoms with Crippen molar-refractivity contribution in [1.29, 1.82) is 0 Å². The number of nitrogens with zero attached hydrogens (tertiary/aromatic N) is 2. The average Bonchev–Trinajstić information content (AvgIpc) is 3.05. The summed E-state index contributed by atoms with van der Waals surface area (Å²) in [6.07, 6.45) is 2.02. The highest BCUT2D eigenvalue weighted by molar-refractivity contribution is 7.09. The Morgan fingerprint density at radius 2 is 1.89 bits per heavy atom. The Morgan fingerprint density at radius 1 is 1.14 bits per heavy atom. The second-order valence-corrected chi connectivity index (χ2v) is 7.73. The molecule has 28 heavy (non-hydrogen) atoms. The van der Waals surface area contributed by atoms with Crippen molar-refractivity contribution in [2.75, 3.05) is 7.11 Å². The van der Waals surface area contributed by atoms with Gasteiger partial charge in [0.05, 0.1) is 12.8 Å². The molecule has 0 saturated heterocycles. The Hall–Kier alpha value is -2.66. The van der Waals surface area contributed by atoms with E-state index in [4.69, 9.17) is 4.74 Å². The van der Waals surface area contributed by atoms with E-state index in [2.05, 4.69) is 54.6 Å². The number of aryl methyl sites for hydroxylation is 2. The van der Waals surface area contributed by atoms with E-state index in [-0.39, 0.29) is 5.91 Å². The number of benzene rings is 2. The number of methoxy groups -OCH3 is 1. The van der Waals surface area contributed by atoms with Gasteiger partial charge in [-0.3, -0.25) is 4.79 Å². The van der Waals surface area contributed by atoms with E-state index in [1.165, 1.54) is 21.7 Å². The fourth-order valence-corrected chi connectivity index (χ4v) is 4.48. The first-order chi connectivity index (χ1) is 13.6. The van der Waals surface area contributed by atoms with E-state index in [0.717, 1.165) is 24.2 Å². The molecule has 3 aromatic rings. The first-order valence-electron chi connectivity index (χ1n) is 9.60. The van der Waals surface area contributed by atoms with Crippen molar-refractivity contribution in [1.82, 2.24) is 4.57 Å². The van der Waals surface area contributed by atoms with Gasteiger partial charge in [-0.15, -0.1) is 11.3 Å². The second-order valence-electron chi connectivity index (χ2n) is 6.67. The fraction of sp³-hybridized carbons (Fsp3) is 0.304. The van der Waals surface area contributed by atoms with Crippen LogP contribution in [0.2, 0.25) is 0 Å². The molecular formula is C23H26N2O2S. The fourth-order valence-electron chi connectivity index (χ4n) is 3.17. The van der Waals surface area contributed by atoms with Crippen LogP contribution in [0.3, 0.4) is 0 Å². The minimum atomic E-state index is -0.249. The van der Waals surface area contributed by atoms with Crippen molar-refractivity contribution < 1.29 is 9.53 Å². The van der Waals surface area contributed by atoms with Crippen molar-refractivity contribution in [3.05, 3.63) is 69.3 Å². The zero-order chi connectivity index (χ0) is 20.1. The number of thiazole rings is 1. The predicted molar refractivity (Wildman–Crippen MR) is 115 cm³/mol. The van der Waals surface area contributed by atoms with Crippen molar-refractivity contribution in [2.24, 2.45) is 4.99 Å². The van der Waals surface area contributed by atoms with Crippen LogP contribution in [0.15, 0.2) is 53.5 Å². The molecule has 0 radical (unpaired) electrons. The van der Waals surface area contributed by atoms with Crippen molar-refractivity contribution in [3.63, 3.8) is 0 Å². The van der Waals surface area contributed by atoms with Gasteiger partial charge in [-0.05, 0) is 44.0 Å². The van der Waals surface area contributed by atoms with Crippen LogP contribution in [0.25, 0.3) is 11.3 Å². The summed E-state index contributed by atoms with van der Waals surface area (Å²) in [7, 11) is 1.59. The van der Waals surface area contributed by atoms with Gasteiger partial charge >= 0.3 is 0 Å². The molecule has 0 fully saturated rings. The molecule has 1 aromatic heterocycles. The summed E-state index contributed by atoms with van der Waals surface area (Å²) in [4.78, 5) is 19.3. The SMILES string of the molecule is CCCc1sc(=NC(=O)c2cccc(OC)c2)n(CC)c1-c1ccc(C)cc1. The Morgan fingerprint density at radius 3 is 2.54 bits per heavy atom. The first kappa shape index (κ1) is 20.1. The molecule has 2 aromatic carbocycles. The van der Waals surface area contributed by atoms with E-state index < -0.39 is 0 Å². The summed E-state index contributed by atoms with van der Waals surface area (Å²) in [5.74, 6) is 0.406. The van der Waals surface area contributed by atoms with E-state index in [1.807, 2.05) is 12.1 Å². The van der Waals surface area contributed by atoms with Gasteiger partial charge in [0, 0.05) is 17.0 Å². The van der Waals surface area contributed by atoms with E-state index >= 15 is 0 Å². The molecule has 0 unspecified atom stereocenters. The van der Waals surface area contributed by atoms with Crippen LogP contribution in [0.1, 0.15) is 41.1 Å². The third-order valence-corrected chi connectivity index (χ3v) is 5.75. The highest BCUT2D eigenvalue weighted by Crippen LogP contribution is 2.27. The number of hydrogen-bond acceptors (Lipinski definition) is 3. The summed E-state index contributed by atoms with van der Waals surface area (Å²) in [6.45, 7) is 7.11. The molecule has 5 heteroatoms. The maximum atomic E-state index is 12.8. The van der Waals surface area contributed by atoms with E-state index in [1.54, 1.807) is 30.6 Å². The quantitative estimate of drug-likeness (QED) is 0.573. The van der Waals surface area contributed by atoms with Crippen LogP contribution >= 0.6 is 11.3 Å². The Labute approximate surface area is 170 Å². The lowest BCUT2D eigenvalue weighted by molar-refractivity contribution is 0.0997. The number of amides is 1. The number of carbonyl (C=O) groups excluding carboxylic acids is 1. The third kappa shape index (κ3) is 4.25. The molecule has 0 N–H and O–H groups in total. The second kappa shape index (κ2) is 9.02. The molecule has 0 bridgehead atoms. The summed E-state index contributed by atoms with van der Waals surface area (Å²) in [5.41, 5.74) is 4.11. The molecule has 0 saturated carbocycles. The Bertz CT molecular complexity index is 1030. The molecule has 0 atom stereocenters. The first-order valence-corrected chi connectivity index (χ1v) is 10.4.